The number of thiazole rings is 1. The normalized spacial score (nSPS) is 12.4. The zero-order valence-electron chi connectivity index (χ0n) is 23.9. The molecule has 0 bridgehead atoms. The summed E-state index contributed by atoms with van der Waals surface area (Å²) in [5.74, 6) is 0.116. The van der Waals surface area contributed by atoms with Crippen LogP contribution in [0.1, 0.15) is 37.6 Å². The molecule has 43 heavy (non-hydrogen) atoms. The predicted molar refractivity (Wildman–Crippen MR) is 158 cm³/mol. The van der Waals surface area contributed by atoms with Crippen LogP contribution in [-0.2, 0) is 12.0 Å². The van der Waals surface area contributed by atoms with Gasteiger partial charge in [0.2, 0.25) is 0 Å². The van der Waals surface area contributed by atoms with E-state index in [1.807, 2.05) is 73.2 Å². The minimum atomic E-state index is -4.76. The number of hydrogen-bond donors (Lipinski definition) is 1. The summed E-state index contributed by atoms with van der Waals surface area (Å²) < 4.78 is 44.7. The van der Waals surface area contributed by atoms with Gasteiger partial charge < -0.3 is 10.1 Å². The van der Waals surface area contributed by atoms with Crippen molar-refractivity contribution in [3.05, 3.63) is 106 Å². The highest BCUT2D eigenvalue weighted by atomic mass is 32.1. The van der Waals surface area contributed by atoms with Gasteiger partial charge in [-0.3, -0.25) is 4.57 Å². The lowest BCUT2D eigenvalue weighted by Gasteiger charge is -2.25. The van der Waals surface area contributed by atoms with E-state index >= 15 is 0 Å². The number of nitrogens with zero attached hydrogens (tertiary/aromatic N) is 5. The van der Waals surface area contributed by atoms with E-state index in [0.29, 0.717) is 16.3 Å². The van der Waals surface area contributed by atoms with Gasteiger partial charge in [-0.05, 0) is 68.7 Å². The molecule has 0 aliphatic heterocycles. The summed E-state index contributed by atoms with van der Waals surface area (Å²) in [4.78, 5) is 22.4. The van der Waals surface area contributed by atoms with Crippen LogP contribution in [-0.4, -0.2) is 31.7 Å². The number of benzene rings is 3. The molecule has 0 radical (unpaired) electrons. The van der Waals surface area contributed by atoms with Crippen molar-refractivity contribution in [1.29, 1.82) is 0 Å². The van der Waals surface area contributed by atoms with Crippen molar-refractivity contribution in [1.82, 2.24) is 24.6 Å². The first-order chi connectivity index (χ1) is 20.4. The highest BCUT2D eigenvalue weighted by Gasteiger charge is 2.31. The number of ether oxygens (including phenoxy) is 1. The van der Waals surface area contributed by atoms with Crippen molar-refractivity contribution in [2.45, 2.75) is 46.0 Å². The van der Waals surface area contributed by atoms with Crippen LogP contribution >= 0.6 is 11.3 Å². The first-order valence-corrected chi connectivity index (χ1v) is 14.3. The second-order valence-electron chi connectivity index (χ2n) is 10.3. The third-order valence-electron chi connectivity index (χ3n) is 6.80. The van der Waals surface area contributed by atoms with Gasteiger partial charge in [0.15, 0.2) is 10.6 Å². The van der Waals surface area contributed by atoms with Gasteiger partial charge in [-0.2, -0.15) is 4.99 Å². The highest BCUT2D eigenvalue weighted by molar-refractivity contribution is 7.07. The molecule has 222 valence electrons. The number of carbonyl (C=O) groups excluding carboxylic acids is 1. The number of alkyl halides is 3. The van der Waals surface area contributed by atoms with Crippen molar-refractivity contribution < 1.29 is 22.7 Å². The molecule has 5 rings (SSSR count). The Bertz CT molecular complexity index is 1800. The van der Waals surface area contributed by atoms with Crippen LogP contribution in [0.3, 0.4) is 0 Å². The number of halogens is 3. The summed E-state index contributed by atoms with van der Waals surface area (Å²) >= 11 is 1.41. The monoisotopic (exact) mass is 606 g/mol. The predicted octanol–water partition coefficient (Wildman–Crippen LogP) is 7.10. The molecule has 3 aromatic carbocycles. The summed E-state index contributed by atoms with van der Waals surface area (Å²) in [7, 11) is 0. The third kappa shape index (κ3) is 6.86. The van der Waals surface area contributed by atoms with Gasteiger partial charge in [0.25, 0.3) is 0 Å². The number of amides is 2. The molecule has 5 aromatic rings. The third-order valence-corrected chi connectivity index (χ3v) is 7.74. The molecular formula is C31H29F3N6O2S. The van der Waals surface area contributed by atoms with Crippen molar-refractivity contribution in [3.63, 3.8) is 0 Å². The average Bonchev–Trinajstić information content (AvgIpc) is 3.59. The Morgan fingerprint density at radius 3 is 2.40 bits per heavy atom. The molecule has 0 saturated heterocycles. The van der Waals surface area contributed by atoms with E-state index in [0.717, 1.165) is 28.9 Å². The topological polar surface area (TPSA) is 86.3 Å². The van der Waals surface area contributed by atoms with Gasteiger partial charge in [0.1, 0.15) is 12.1 Å². The van der Waals surface area contributed by atoms with E-state index in [1.54, 1.807) is 0 Å². The Balaban J connectivity index is 1.30. The van der Waals surface area contributed by atoms with E-state index in [4.69, 9.17) is 0 Å². The maximum atomic E-state index is 13.1. The maximum absolute atomic E-state index is 13.1. The van der Waals surface area contributed by atoms with Crippen LogP contribution in [0.4, 0.5) is 18.0 Å². The summed E-state index contributed by atoms with van der Waals surface area (Å²) in [6, 6.07) is 20.4. The summed E-state index contributed by atoms with van der Waals surface area (Å²) in [6.45, 7) is 7.88. The molecule has 12 heteroatoms. The van der Waals surface area contributed by atoms with Crippen LogP contribution in [0.15, 0.2) is 89.5 Å². The van der Waals surface area contributed by atoms with E-state index in [2.05, 4.69) is 38.1 Å². The largest absolute Gasteiger partial charge is 0.573 e. The van der Waals surface area contributed by atoms with E-state index < -0.39 is 17.9 Å². The van der Waals surface area contributed by atoms with Crippen molar-refractivity contribution in [2.24, 2.45) is 4.99 Å². The highest BCUT2D eigenvalue weighted by Crippen LogP contribution is 2.26. The van der Waals surface area contributed by atoms with Gasteiger partial charge in [-0.1, -0.05) is 49.4 Å². The Hall–Kier alpha value is -4.71. The molecule has 1 N–H and O–H groups in total. The van der Waals surface area contributed by atoms with Crippen LogP contribution < -0.4 is 14.9 Å². The molecule has 0 fully saturated rings. The fraction of sp³-hybridized carbons (Fsp3) is 0.226. The Morgan fingerprint density at radius 1 is 1.02 bits per heavy atom. The lowest BCUT2D eigenvalue weighted by molar-refractivity contribution is -0.274. The molecule has 0 spiro atoms. The Morgan fingerprint density at radius 2 is 1.72 bits per heavy atom. The van der Waals surface area contributed by atoms with Crippen LogP contribution in [0.25, 0.3) is 22.8 Å². The Kier molecular flexibility index (Phi) is 8.23. The number of para-hydroxylation sites is 1. The SMILES string of the molecule is CCc1ccccc1-n1c(C)csc1=NC(=O)NC(C)(C)c1ccc(-c2ncn(-c3ccc(OC(F)(F)F)cc3)n2)cc1. The van der Waals surface area contributed by atoms with Crippen molar-refractivity contribution in [3.8, 4) is 28.5 Å². The quantitative estimate of drug-likeness (QED) is 0.214. The summed E-state index contributed by atoms with van der Waals surface area (Å²) in [5, 5.41) is 9.44. The zero-order valence-corrected chi connectivity index (χ0v) is 24.7. The molecule has 0 atom stereocenters. The van der Waals surface area contributed by atoms with Gasteiger partial charge in [0.05, 0.1) is 16.9 Å². The zero-order chi connectivity index (χ0) is 30.8. The lowest BCUT2D eigenvalue weighted by Crippen LogP contribution is -2.40. The fourth-order valence-corrected chi connectivity index (χ4v) is 5.47. The molecule has 2 heterocycles. The molecule has 0 aliphatic rings. The van der Waals surface area contributed by atoms with Gasteiger partial charge in [-0.15, -0.1) is 29.6 Å². The van der Waals surface area contributed by atoms with E-state index in [9.17, 15) is 18.0 Å². The number of urea groups is 1. The summed E-state index contributed by atoms with van der Waals surface area (Å²) in [5.41, 5.74) is 4.55. The number of aromatic nitrogens is 4. The van der Waals surface area contributed by atoms with Crippen LogP contribution in [0.5, 0.6) is 5.75 Å². The minimum absolute atomic E-state index is 0.318. The smallest absolute Gasteiger partial charge is 0.406 e. The van der Waals surface area contributed by atoms with Crippen LogP contribution in [0, 0.1) is 6.92 Å². The van der Waals surface area contributed by atoms with Gasteiger partial charge in [0, 0.05) is 16.6 Å². The molecule has 0 aliphatic carbocycles. The number of rotatable bonds is 7. The number of nitrogens with one attached hydrogen (secondary N) is 1. The molecule has 8 nitrogen and oxygen atoms in total. The van der Waals surface area contributed by atoms with Gasteiger partial charge >= 0.3 is 12.4 Å². The number of aryl methyl sites for hydroxylation is 2. The summed E-state index contributed by atoms with van der Waals surface area (Å²) in [6.07, 6.45) is -2.42. The second kappa shape index (κ2) is 11.9. The van der Waals surface area contributed by atoms with E-state index in [-0.39, 0.29) is 5.75 Å². The Labute approximate surface area is 250 Å². The molecule has 2 aromatic heterocycles. The van der Waals surface area contributed by atoms with Crippen LogP contribution in [0.2, 0.25) is 0 Å². The fourth-order valence-electron chi connectivity index (χ4n) is 4.60. The first-order valence-electron chi connectivity index (χ1n) is 13.4. The second-order valence-corrected chi connectivity index (χ2v) is 11.1. The van der Waals surface area contributed by atoms with Crippen molar-refractivity contribution in [2.75, 3.05) is 0 Å². The van der Waals surface area contributed by atoms with Crippen molar-refractivity contribution >= 4 is 17.4 Å². The minimum Gasteiger partial charge on any atom is -0.406 e. The molecule has 0 saturated carbocycles. The lowest BCUT2D eigenvalue weighted by atomic mass is 9.93. The van der Waals surface area contributed by atoms with Gasteiger partial charge in [-0.25, -0.2) is 14.5 Å². The maximum Gasteiger partial charge on any atom is 0.573 e. The molecule has 2 amide bonds. The van der Waals surface area contributed by atoms with E-state index in [1.165, 1.54) is 52.2 Å². The molecule has 0 unspecified atom stereocenters. The average molecular weight is 607 g/mol. The number of carbonyl (C=O) groups is 1. The first kappa shape index (κ1) is 29.8. The number of hydrogen-bond acceptors (Lipinski definition) is 5. The standard InChI is InChI=1S/C31H29F3N6O2S/c1-5-21-8-6-7-9-26(21)40-20(2)18-43-29(40)36-28(41)37-30(3,4)23-12-10-22(11-13-23)27-35-19-39(38-27)24-14-16-25(17-15-24)42-31(32,33)34/h6-19H,5H2,1-4H3,(H,37,41). The molecular weight excluding hydrogens is 577 g/mol.